The largest absolute Gasteiger partial charge is 0.420 e. The average Bonchev–Trinajstić information content (AvgIpc) is 3.33. The molecule has 5 rings (SSSR count). The Balaban J connectivity index is 1.47. The van der Waals surface area contributed by atoms with Crippen molar-refractivity contribution in [3.8, 4) is 11.4 Å². The van der Waals surface area contributed by atoms with Gasteiger partial charge in [-0.1, -0.05) is 11.2 Å². The Morgan fingerprint density at radius 3 is 2.90 bits per heavy atom. The number of nitrogens with zero attached hydrogens (tertiary/aromatic N) is 4. The van der Waals surface area contributed by atoms with Crippen LogP contribution in [0, 0.1) is 0 Å². The number of nitrogens with one attached hydrogen (secondary N) is 1. The molecule has 2 amide bonds. The molecular formula is C20H15N5O5. The van der Waals surface area contributed by atoms with Crippen molar-refractivity contribution in [3.05, 3.63) is 64.7 Å². The van der Waals surface area contributed by atoms with E-state index >= 15 is 0 Å². The number of carbonyl (C=O) groups excluding carboxylic acids is 2. The van der Waals surface area contributed by atoms with Gasteiger partial charge in [-0.15, -0.1) is 0 Å². The highest BCUT2D eigenvalue weighted by Gasteiger charge is 2.31. The minimum absolute atomic E-state index is 0.161. The van der Waals surface area contributed by atoms with Crippen LogP contribution in [-0.4, -0.2) is 31.5 Å². The lowest BCUT2D eigenvalue weighted by Crippen LogP contribution is -2.43. The molecule has 0 saturated carbocycles. The van der Waals surface area contributed by atoms with E-state index in [4.69, 9.17) is 8.94 Å². The standard InChI is InChI=1S/C20H15N5O5/c26-16-6-4-13(19(27)22-16)25-14-8-11(3-5-15(14)29-20(25)28)9-17-23-18(24-30-17)12-2-1-7-21-10-12/h1-3,5,7-8,10,13H,4,6,9H2,(H,22,26,27). The maximum absolute atomic E-state index is 12.4. The summed E-state index contributed by atoms with van der Waals surface area (Å²) >= 11 is 0. The van der Waals surface area contributed by atoms with Crippen molar-refractivity contribution < 1.29 is 18.5 Å². The minimum atomic E-state index is -0.799. The lowest BCUT2D eigenvalue weighted by Gasteiger charge is -2.21. The molecule has 1 N–H and O–H groups in total. The lowest BCUT2D eigenvalue weighted by molar-refractivity contribution is -0.135. The van der Waals surface area contributed by atoms with E-state index in [-0.39, 0.29) is 18.7 Å². The highest BCUT2D eigenvalue weighted by molar-refractivity contribution is 6.00. The Hall–Kier alpha value is -4.08. The molecule has 1 unspecified atom stereocenters. The summed E-state index contributed by atoms with van der Waals surface area (Å²) in [6.45, 7) is 0. The smallest absolute Gasteiger partial charge is 0.408 e. The van der Waals surface area contributed by atoms with Crippen LogP contribution < -0.4 is 11.1 Å². The Kier molecular flexibility index (Phi) is 4.24. The molecule has 1 aliphatic heterocycles. The molecule has 0 bridgehead atoms. The van der Waals surface area contributed by atoms with Crippen LogP contribution in [0.1, 0.15) is 30.3 Å². The highest BCUT2D eigenvalue weighted by Crippen LogP contribution is 2.25. The molecule has 1 saturated heterocycles. The van der Waals surface area contributed by atoms with Gasteiger partial charge >= 0.3 is 5.76 Å². The van der Waals surface area contributed by atoms with E-state index in [1.807, 2.05) is 6.07 Å². The average molecular weight is 405 g/mol. The summed E-state index contributed by atoms with van der Waals surface area (Å²) in [6.07, 6.45) is 4.03. The Morgan fingerprint density at radius 1 is 1.20 bits per heavy atom. The monoisotopic (exact) mass is 405 g/mol. The van der Waals surface area contributed by atoms with Gasteiger partial charge in [0.25, 0.3) is 0 Å². The summed E-state index contributed by atoms with van der Waals surface area (Å²) in [5, 5.41) is 6.24. The van der Waals surface area contributed by atoms with Crippen LogP contribution in [0.25, 0.3) is 22.5 Å². The zero-order valence-electron chi connectivity index (χ0n) is 15.6. The molecule has 10 nitrogen and oxygen atoms in total. The zero-order chi connectivity index (χ0) is 20.7. The summed E-state index contributed by atoms with van der Waals surface area (Å²) in [7, 11) is 0. The fraction of sp³-hybridized carbons (Fsp3) is 0.200. The van der Waals surface area contributed by atoms with Gasteiger partial charge in [-0.2, -0.15) is 4.98 Å². The van der Waals surface area contributed by atoms with Gasteiger partial charge < -0.3 is 8.94 Å². The number of benzene rings is 1. The second-order valence-electron chi connectivity index (χ2n) is 6.94. The Bertz CT molecular complexity index is 1320. The van der Waals surface area contributed by atoms with Crippen LogP contribution in [0.3, 0.4) is 0 Å². The molecule has 3 aromatic heterocycles. The molecule has 30 heavy (non-hydrogen) atoms. The van der Waals surface area contributed by atoms with E-state index in [9.17, 15) is 14.4 Å². The van der Waals surface area contributed by atoms with Crippen molar-refractivity contribution in [3.63, 3.8) is 0 Å². The second-order valence-corrected chi connectivity index (χ2v) is 6.94. The number of imide groups is 1. The third kappa shape index (κ3) is 3.17. The van der Waals surface area contributed by atoms with Gasteiger partial charge in [-0.3, -0.25) is 24.5 Å². The quantitative estimate of drug-likeness (QED) is 0.506. The number of aromatic nitrogens is 4. The first-order valence-electron chi connectivity index (χ1n) is 9.29. The first kappa shape index (κ1) is 18.0. The molecule has 1 fully saturated rings. The molecule has 4 heterocycles. The fourth-order valence-corrected chi connectivity index (χ4v) is 3.53. The van der Waals surface area contributed by atoms with Crippen molar-refractivity contribution in [1.29, 1.82) is 0 Å². The summed E-state index contributed by atoms with van der Waals surface area (Å²) < 4.78 is 11.9. The molecule has 4 aromatic rings. The molecular weight excluding hydrogens is 390 g/mol. The molecule has 10 heteroatoms. The number of hydrogen-bond donors (Lipinski definition) is 1. The maximum Gasteiger partial charge on any atom is 0.420 e. The van der Waals surface area contributed by atoms with Crippen LogP contribution in [0.5, 0.6) is 0 Å². The van der Waals surface area contributed by atoms with Crippen molar-refractivity contribution in [2.24, 2.45) is 0 Å². The van der Waals surface area contributed by atoms with E-state index in [1.165, 1.54) is 4.57 Å². The van der Waals surface area contributed by atoms with E-state index in [1.54, 1.807) is 36.7 Å². The fourth-order valence-electron chi connectivity index (χ4n) is 3.53. The van der Waals surface area contributed by atoms with Gasteiger partial charge in [0, 0.05) is 24.4 Å². The number of piperidine rings is 1. The van der Waals surface area contributed by atoms with Gasteiger partial charge in [0.15, 0.2) is 5.58 Å². The highest BCUT2D eigenvalue weighted by atomic mass is 16.5. The maximum atomic E-state index is 12.4. The summed E-state index contributed by atoms with van der Waals surface area (Å²) in [5.74, 6) is -0.680. The van der Waals surface area contributed by atoms with E-state index in [0.29, 0.717) is 29.2 Å². The molecule has 1 aromatic carbocycles. The third-order valence-electron chi connectivity index (χ3n) is 4.94. The van der Waals surface area contributed by atoms with Crippen LogP contribution in [0.2, 0.25) is 0 Å². The zero-order valence-corrected chi connectivity index (χ0v) is 15.6. The molecule has 0 aliphatic carbocycles. The first-order chi connectivity index (χ1) is 14.6. The van der Waals surface area contributed by atoms with Crippen molar-refractivity contribution in [2.45, 2.75) is 25.3 Å². The Labute approximate surface area is 168 Å². The minimum Gasteiger partial charge on any atom is -0.408 e. The molecule has 1 aliphatic rings. The number of carbonyl (C=O) groups is 2. The molecule has 150 valence electrons. The van der Waals surface area contributed by atoms with Gasteiger partial charge in [-0.25, -0.2) is 4.79 Å². The Morgan fingerprint density at radius 2 is 2.10 bits per heavy atom. The van der Waals surface area contributed by atoms with Crippen molar-refractivity contribution in [1.82, 2.24) is 25.0 Å². The number of rotatable bonds is 4. The topological polar surface area (TPSA) is 133 Å². The van der Waals surface area contributed by atoms with Gasteiger partial charge in [-0.05, 0) is 36.2 Å². The molecule has 0 spiro atoms. The van der Waals surface area contributed by atoms with Crippen LogP contribution >= 0.6 is 0 Å². The number of fused-ring (bicyclic) bond motifs is 1. The predicted molar refractivity (Wildman–Crippen MR) is 102 cm³/mol. The number of pyridine rings is 1. The predicted octanol–water partition coefficient (Wildman–Crippen LogP) is 1.61. The van der Waals surface area contributed by atoms with E-state index < -0.39 is 17.7 Å². The van der Waals surface area contributed by atoms with Crippen molar-refractivity contribution in [2.75, 3.05) is 0 Å². The SMILES string of the molecule is O=C1CCC(n2c(=O)oc3ccc(Cc4nc(-c5cccnc5)no4)cc32)C(=O)N1. The van der Waals surface area contributed by atoms with Gasteiger partial charge in [0.1, 0.15) is 6.04 Å². The summed E-state index contributed by atoms with van der Waals surface area (Å²) in [4.78, 5) is 44.5. The van der Waals surface area contributed by atoms with E-state index in [2.05, 4.69) is 20.4 Å². The summed E-state index contributed by atoms with van der Waals surface area (Å²) in [6, 6.07) is 8.01. The number of oxazole rings is 1. The van der Waals surface area contributed by atoms with Crippen LogP contribution in [-0.2, 0) is 16.0 Å². The number of hydrogen-bond acceptors (Lipinski definition) is 8. The molecule has 1 atom stereocenters. The van der Waals surface area contributed by atoms with Crippen molar-refractivity contribution >= 4 is 22.9 Å². The van der Waals surface area contributed by atoms with Gasteiger partial charge in [0.2, 0.25) is 23.5 Å². The summed E-state index contributed by atoms with van der Waals surface area (Å²) in [5.41, 5.74) is 2.37. The van der Waals surface area contributed by atoms with Gasteiger partial charge in [0.05, 0.1) is 11.9 Å². The van der Waals surface area contributed by atoms with E-state index in [0.717, 1.165) is 11.1 Å². The molecule has 0 radical (unpaired) electrons. The van der Waals surface area contributed by atoms with Crippen LogP contribution in [0.4, 0.5) is 0 Å². The third-order valence-corrected chi connectivity index (χ3v) is 4.94. The normalized spacial score (nSPS) is 16.7. The number of amides is 2. The second kappa shape index (κ2) is 7.07. The first-order valence-corrected chi connectivity index (χ1v) is 9.29. The lowest BCUT2D eigenvalue weighted by atomic mass is 10.1. The van der Waals surface area contributed by atoms with Crippen LogP contribution in [0.15, 0.2) is 56.5 Å².